The molecule has 0 spiro atoms. The average Bonchev–Trinajstić information content (AvgIpc) is 2.47. The number of benzene rings is 2. The molecule has 0 aliphatic carbocycles. The van der Waals surface area contributed by atoms with E-state index in [1.54, 1.807) is 37.3 Å². The Morgan fingerprint density at radius 2 is 1.65 bits per heavy atom. The fourth-order valence-corrected chi connectivity index (χ4v) is 3.56. The van der Waals surface area contributed by atoms with Gasteiger partial charge in [0.05, 0.1) is 10.6 Å². The Morgan fingerprint density at radius 1 is 1.10 bits per heavy atom. The molecule has 0 amide bonds. The summed E-state index contributed by atoms with van der Waals surface area (Å²) >= 11 is 0. The summed E-state index contributed by atoms with van der Waals surface area (Å²) in [6, 6.07) is 14.2. The summed E-state index contributed by atoms with van der Waals surface area (Å²) in [5, 5.41) is 11.0. The van der Waals surface area contributed by atoms with E-state index in [0.717, 1.165) is 0 Å². The quantitative estimate of drug-likeness (QED) is 0.532. The third kappa shape index (κ3) is 2.79. The number of non-ortho nitro benzene ring substituents is 1. The van der Waals surface area contributed by atoms with Gasteiger partial charge in [0.15, 0.2) is 0 Å². The van der Waals surface area contributed by atoms with Crippen LogP contribution in [0, 0.1) is 10.1 Å². The van der Waals surface area contributed by atoms with Crippen LogP contribution in [0.5, 0.6) is 0 Å². The molecule has 5 nitrogen and oxygen atoms in total. The van der Waals surface area contributed by atoms with Crippen molar-refractivity contribution in [1.82, 2.24) is 0 Å². The van der Waals surface area contributed by atoms with E-state index in [1.807, 2.05) is 0 Å². The number of hydrogen-bond donors (Lipinski definition) is 1. The highest BCUT2D eigenvalue weighted by Gasteiger charge is 2.30. The first-order valence-electron chi connectivity index (χ1n) is 6.05. The highest BCUT2D eigenvalue weighted by Crippen LogP contribution is 2.54. The van der Waals surface area contributed by atoms with Gasteiger partial charge in [0, 0.05) is 17.4 Å². The van der Waals surface area contributed by atoms with Crippen molar-refractivity contribution in [2.24, 2.45) is 0 Å². The molecule has 0 fully saturated rings. The van der Waals surface area contributed by atoms with Crippen LogP contribution in [-0.4, -0.2) is 9.82 Å². The zero-order valence-electron chi connectivity index (χ0n) is 10.8. The maximum absolute atomic E-state index is 12.6. The van der Waals surface area contributed by atoms with Gasteiger partial charge in [-0.15, -0.1) is 0 Å². The summed E-state index contributed by atoms with van der Waals surface area (Å²) in [7, 11) is -3.57. The van der Waals surface area contributed by atoms with E-state index in [9.17, 15) is 19.6 Å². The van der Waals surface area contributed by atoms with Gasteiger partial charge < -0.3 is 4.89 Å². The van der Waals surface area contributed by atoms with Gasteiger partial charge in [-0.05, 0) is 24.6 Å². The second-order valence-electron chi connectivity index (χ2n) is 4.48. The molecule has 2 atom stereocenters. The van der Waals surface area contributed by atoms with Gasteiger partial charge in [-0.2, -0.15) is 0 Å². The van der Waals surface area contributed by atoms with Crippen LogP contribution >= 0.6 is 7.37 Å². The van der Waals surface area contributed by atoms with Crippen LogP contribution in [0.15, 0.2) is 54.6 Å². The normalized spacial score (nSPS) is 15.3. The van der Waals surface area contributed by atoms with Gasteiger partial charge >= 0.3 is 0 Å². The third-order valence-electron chi connectivity index (χ3n) is 3.24. The Labute approximate surface area is 116 Å². The molecule has 2 aromatic carbocycles. The summed E-state index contributed by atoms with van der Waals surface area (Å²) in [5.74, 6) is 0. The van der Waals surface area contributed by atoms with E-state index in [4.69, 9.17) is 0 Å². The molecule has 2 rings (SSSR count). The monoisotopic (exact) mass is 291 g/mol. The molecule has 20 heavy (non-hydrogen) atoms. The van der Waals surface area contributed by atoms with Crippen molar-refractivity contribution in [2.75, 3.05) is 0 Å². The SMILES string of the molecule is CC(c1ccc([N+](=O)[O-])cc1)P(=O)(O)c1ccccc1. The predicted molar refractivity (Wildman–Crippen MR) is 77.4 cm³/mol. The van der Waals surface area contributed by atoms with Crippen molar-refractivity contribution in [3.63, 3.8) is 0 Å². The van der Waals surface area contributed by atoms with Crippen LogP contribution in [0.3, 0.4) is 0 Å². The van der Waals surface area contributed by atoms with E-state index >= 15 is 0 Å². The van der Waals surface area contributed by atoms with Crippen molar-refractivity contribution in [3.05, 3.63) is 70.3 Å². The van der Waals surface area contributed by atoms with Gasteiger partial charge in [-0.3, -0.25) is 14.7 Å². The first-order chi connectivity index (χ1) is 9.43. The molecule has 0 saturated carbocycles. The smallest absolute Gasteiger partial charge is 0.269 e. The van der Waals surface area contributed by atoms with Crippen LogP contribution in [0.4, 0.5) is 5.69 Å². The van der Waals surface area contributed by atoms with Crippen LogP contribution in [0.25, 0.3) is 0 Å². The molecular weight excluding hydrogens is 277 g/mol. The maximum Gasteiger partial charge on any atom is 0.269 e. The van der Waals surface area contributed by atoms with Crippen LogP contribution in [-0.2, 0) is 4.57 Å². The van der Waals surface area contributed by atoms with Gasteiger partial charge in [-0.25, -0.2) is 0 Å². The largest absolute Gasteiger partial charge is 0.341 e. The Morgan fingerprint density at radius 3 is 2.15 bits per heavy atom. The van der Waals surface area contributed by atoms with E-state index in [1.165, 1.54) is 24.3 Å². The van der Waals surface area contributed by atoms with E-state index in [-0.39, 0.29) is 5.69 Å². The minimum atomic E-state index is -3.57. The minimum Gasteiger partial charge on any atom is -0.341 e. The number of nitro groups is 1. The molecule has 0 saturated heterocycles. The minimum absolute atomic E-state index is 0.0339. The Hall–Kier alpha value is -1.97. The van der Waals surface area contributed by atoms with Gasteiger partial charge in [0.2, 0.25) is 7.37 Å². The molecule has 2 unspecified atom stereocenters. The molecule has 6 heteroatoms. The zero-order valence-corrected chi connectivity index (χ0v) is 11.7. The van der Waals surface area contributed by atoms with E-state index < -0.39 is 18.0 Å². The number of nitro benzene ring substituents is 1. The summed E-state index contributed by atoms with van der Waals surface area (Å²) in [6.45, 7) is 1.65. The lowest BCUT2D eigenvalue weighted by Crippen LogP contribution is -2.09. The molecule has 2 aromatic rings. The summed E-state index contributed by atoms with van der Waals surface area (Å²) in [6.07, 6.45) is 0. The molecule has 104 valence electrons. The highest BCUT2D eigenvalue weighted by atomic mass is 31.2. The van der Waals surface area contributed by atoms with Crippen molar-refractivity contribution >= 4 is 18.4 Å². The summed E-state index contributed by atoms with van der Waals surface area (Å²) in [5.41, 5.74) is -0.0515. The van der Waals surface area contributed by atoms with Crippen LogP contribution in [0.2, 0.25) is 0 Å². The first-order valence-corrected chi connectivity index (χ1v) is 7.78. The van der Waals surface area contributed by atoms with Gasteiger partial charge in [0.25, 0.3) is 5.69 Å². The maximum atomic E-state index is 12.6. The number of hydrogen-bond acceptors (Lipinski definition) is 3. The second kappa shape index (κ2) is 5.57. The molecule has 0 aromatic heterocycles. The van der Waals surface area contributed by atoms with Gasteiger partial charge in [0.1, 0.15) is 0 Å². The average molecular weight is 291 g/mol. The standard InChI is InChI=1S/C14H14NO4P/c1-11(12-7-9-13(10-8-12)15(16)17)20(18,19)14-5-3-2-4-6-14/h2-11H,1H3,(H,18,19). The lowest BCUT2D eigenvalue weighted by molar-refractivity contribution is -0.384. The molecule has 0 bridgehead atoms. The third-order valence-corrected chi connectivity index (χ3v) is 5.62. The molecular formula is C14H14NO4P. The van der Waals surface area contributed by atoms with Crippen LogP contribution < -0.4 is 5.30 Å². The van der Waals surface area contributed by atoms with Crippen molar-refractivity contribution in [1.29, 1.82) is 0 Å². The second-order valence-corrected chi connectivity index (χ2v) is 7.02. The Balaban J connectivity index is 2.33. The van der Waals surface area contributed by atoms with Crippen molar-refractivity contribution in [2.45, 2.75) is 12.6 Å². The van der Waals surface area contributed by atoms with Crippen LogP contribution in [0.1, 0.15) is 18.1 Å². The zero-order chi connectivity index (χ0) is 14.8. The first kappa shape index (κ1) is 14.4. The Bertz CT molecular complexity index is 655. The summed E-state index contributed by atoms with van der Waals surface area (Å²) in [4.78, 5) is 20.4. The lowest BCUT2D eigenvalue weighted by Gasteiger charge is -2.19. The predicted octanol–water partition coefficient (Wildman–Crippen LogP) is 3.25. The molecule has 0 radical (unpaired) electrons. The summed E-state index contributed by atoms with van der Waals surface area (Å²) < 4.78 is 12.6. The topological polar surface area (TPSA) is 80.4 Å². The lowest BCUT2D eigenvalue weighted by atomic mass is 10.1. The van der Waals surface area contributed by atoms with E-state index in [0.29, 0.717) is 10.9 Å². The fourth-order valence-electron chi connectivity index (χ4n) is 1.94. The molecule has 0 aliphatic heterocycles. The Kier molecular flexibility index (Phi) is 4.02. The number of nitrogens with zero attached hydrogens (tertiary/aromatic N) is 1. The molecule has 0 aliphatic rings. The molecule has 0 heterocycles. The van der Waals surface area contributed by atoms with Crippen molar-refractivity contribution < 1.29 is 14.4 Å². The molecule has 1 N–H and O–H groups in total. The number of rotatable bonds is 4. The van der Waals surface area contributed by atoms with Crippen molar-refractivity contribution in [3.8, 4) is 0 Å². The van der Waals surface area contributed by atoms with E-state index in [2.05, 4.69) is 0 Å². The highest BCUT2D eigenvalue weighted by molar-refractivity contribution is 7.66. The van der Waals surface area contributed by atoms with Gasteiger partial charge in [-0.1, -0.05) is 30.3 Å². The fraction of sp³-hybridized carbons (Fsp3) is 0.143.